The number of H-pyrrole nitrogens is 1. The van der Waals surface area contributed by atoms with Crippen molar-refractivity contribution >= 4 is 17.7 Å². The number of hydrogen-bond donors (Lipinski definition) is 3. The van der Waals surface area contributed by atoms with Gasteiger partial charge in [-0.25, -0.2) is 9.59 Å². The average Bonchev–Trinajstić information content (AvgIpc) is 2.79. The molecule has 1 saturated heterocycles. The summed E-state index contributed by atoms with van der Waals surface area (Å²) in [5.74, 6) is -0.966. The Hall–Kier alpha value is -2.05. The summed E-state index contributed by atoms with van der Waals surface area (Å²) >= 11 is 0. The maximum absolute atomic E-state index is 12.2. The van der Waals surface area contributed by atoms with E-state index in [9.17, 15) is 14.7 Å². The number of anilines is 1. The van der Waals surface area contributed by atoms with E-state index in [1.165, 1.54) is 11.1 Å². The molecule has 7 nitrogen and oxygen atoms in total. The van der Waals surface area contributed by atoms with Gasteiger partial charge >= 0.3 is 12.0 Å². The van der Waals surface area contributed by atoms with Crippen LogP contribution in [0.15, 0.2) is 12.4 Å². The van der Waals surface area contributed by atoms with Crippen molar-refractivity contribution in [3.8, 4) is 0 Å². The van der Waals surface area contributed by atoms with Crippen molar-refractivity contribution < 1.29 is 14.7 Å². The van der Waals surface area contributed by atoms with Gasteiger partial charge in [0.2, 0.25) is 0 Å². The Balaban J connectivity index is 2.16. The number of aromatic amines is 1. The van der Waals surface area contributed by atoms with E-state index >= 15 is 0 Å². The number of urea groups is 1. The molecule has 1 aromatic rings. The van der Waals surface area contributed by atoms with Crippen molar-refractivity contribution in [2.45, 2.75) is 32.7 Å². The molecule has 2 rings (SSSR count). The molecule has 2 amide bonds. The van der Waals surface area contributed by atoms with E-state index < -0.39 is 23.5 Å². The predicted octanol–water partition coefficient (Wildman–Crippen LogP) is 1.52. The molecule has 0 aromatic carbocycles. The summed E-state index contributed by atoms with van der Waals surface area (Å²) in [6, 6.07) is -1.21. The van der Waals surface area contributed by atoms with Crippen molar-refractivity contribution in [1.29, 1.82) is 0 Å². The van der Waals surface area contributed by atoms with Gasteiger partial charge in [-0.3, -0.25) is 5.10 Å². The number of likely N-dealkylation sites (tertiary alicyclic amines) is 1. The van der Waals surface area contributed by atoms with Crippen molar-refractivity contribution in [2.75, 3.05) is 11.9 Å². The maximum atomic E-state index is 12.2. The van der Waals surface area contributed by atoms with E-state index in [1.54, 1.807) is 6.20 Å². The lowest BCUT2D eigenvalue weighted by Gasteiger charge is -2.43. The number of carbonyl (C=O) groups is 2. The summed E-state index contributed by atoms with van der Waals surface area (Å²) in [6.45, 7) is 4.20. The van der Waals surface area contributed by atoms with Crippen LogP contribution in [0.3, 0.4) is 0 Å². The third-order valence-corrected chi connectivity index (χ3v) is 3.52. The van der Waals surface area contributed by atoms with Gasteiger partial charge in [-0.15, -0.1) is 0 Å². The Morgan fingerprint density at radius 3 is 2.89 bits per heavy atom. The van der Waals surface area contributed by atoms with Crippen molar-refractivity contribution in [2.24, 2.45) is 5.41 Å². The number of carboxylic acid groups (broad SMARTS) is 1. The smallest absolute Gasteiger partial charge is 0.327 e. The fourth-order valence-corrected chi connectivity index (χ4v) is 2.59. The van der Waals surface area contributed by atoms with Gasteiger partial charge in [0, 0.05) is 12.7 Å². The van der Waals surface area contributed by atoms with E-state index in [-0.39, 0.29) is 0 Å². The third-order valence-electron chi connectivity index (χ3n) is 3.52. The van der Waals surface area contributed by atoms with E-state index in [4.69, 9.17) is 0 Å². The van der Waals surface area contributed by atoms with Gasteiger partial charge in [0.1, 0.15) is 6.04 Å². The van der Waals surface area contributed by atoms with Crippen molar-refractivity contribution in [1.82, 2.24) is 15.1 Å². The van der Waals surface area contributed by atoms with E-state index in [0.29, 0.717) is 12.2 Å². The monoisotopic (exact) mass is 266 g/mol. The van der Waals surface area contributed by atoms with Crippen LogP contribution in [0.5, 0.6) is 0 Å². The topological polar surface area (TPSA) is 98.3 Å². The second-order valence-corrected chi connectivity index (χ2v) is 5.44. The average molecular weight is 266 g/mol. The van der Waals surface area contributed by atoms with Gasteiger partial charge in [-0.2, -0.15) is 5.10 Å². The molecule has 2 heterocycles. The zero-order chi connectivity index (χ0) is 14.0. The van der Waals surface area contributed by atoms with Crippen LogP contribution in [0.4, 0.5) is 10.5 Å². The largest absolute Gasteiger partial charge is 0.480 e. The molecule has 1 unspecified atom stereocenters. The number of hydrogen-bond acceptors (Lipinski definition) is 3. The first-order chi connectivity index (χ1) is 8.92. The van der Waals surface area contributed by atoms with Crippen LogP contribution in [0.1, 0.15) is 26.7 Å². The molecule has 0 radical (unpaired) electrons. The molecular weight excluding hydrogens is 248 g/mol. The quantitative estimate of drug-likeness (QED) is 0.755. The lowest BCUT2D eigenvalue weighted by atomic mass is 9.76. The Morgan fingerprint density at radius 1 is 1.58 bits per heavy atom. The molecule has 19 heavy (non-hydrogen) atoms. The van der Waals surface area contributed by atoms with E-state index in [1.807, 2.05) is 13.8 Å². The minimum atomic E-state index is -0.966. The fourth-order valence-electron chi connectivity index (χ4n) is 2.59. The zero-order valence-electron chi connectivity index (χ0n) is 11.0. The third kappa shape index (κ3) is 2.69. The molecule has 104 valence electrons. The van der Waals surface area contributed by atoms with Gasteiger partial charge in [-0.05, 0) is 18.3 Å². The Labute approximate surface area is 111 Å². The van der Waals surface area contributed by atoms with Gasteiger partial charge < -0.3 is 15.3 Å². The molecule has 0 aliphatic carbocycles. The molecule has 1 aromatic heterocycles. The van der Waals surface area contributed by atoms with Gasteiger partial charge in [0.15, 0.2) is 0 Å². The highest BCUT2D eigenvalue weighted by molar-refractivity contribution is 5.92. The van der Waals surface area contributed by atoms with Crippen LogP contribution in [0.25, 0.3) is 0 Å². The molecule has 1 atom stereocenters. The summed E-state index contributed by atoms with van der Waals surface area (Å²) in [4.78, 5) is 25.0. The molecular formula is C12H18N4O3. The summed E-state index contributed by atoms with van der Waals surface area (Å²) in [6.07, 6.45) is 4.61. The Bertz CT molecular complexity index is 469. The molecule has 1 aliphatic rings. The lowest BCUT2D eigenvalue weighted by molar-refractivity contribution is -0.148. The minimum absolute atomic E-state index is 0.401. The van der Waals surface area contributed by atoms with Crippen LogP contribution in [0, 0.1) is 5.41 Å². The Morgan fingerprint density at radius 2 is 2.32 bits per heavy atom. The first-order valence-corrected chi connectivity index (χ1v) is 6.21. The van der Waals surface area contributed by atoms with Crippen LogP contribution < -0.4 is 5.32 Å². The highest BCUT2D eigenvalue weighted by atomic mass is 16.4. The van der Waals surface area contributed by atoms with Crippen molar-refractivity contribution in [3.63, 3.8) is 0 Å². The van der Waals surface area contributed by atoms with E-state index in [0.717, 1.165) is 12.8 Å². The second-order valence-electron chi connectivity index (χ2n) is 5.44. The zero-order valence-corrected chi connectivity index (χ0v) is 11.0. The van der Waals surface area contributed by atoms with Gasteiger partial charge in [0.05, 0.1) is 11.9 Å². The van der Waals surface area contributed by atoms with Crippen LogP contribution in [-0.4, -0.2) is 44.8 Å². The number of rotatable bonds is 2. The Kier molecular flexibility index (Phi) is 3.46. The van der Waals surface area contributed by atoms with Crippen LogP contribution >= 0.6 is 0 Å². The molecule has 0 spiro atoms. The molecule has 1 aliphatic heterocycles. The SMILES string of the molecule is CC1(C)CCCN(C(=O)Nc2cn[nH]c2)C1C(=O)O. The van der Waals surface area contributed by atoms with Gasteiger partial charge in [-0.1, -0.05) is 13.8 Å². The number of aliphatic carboxylic acids is 1. The first kappa shape index (κ1) is 13.4. The van der Waals surface area contributed by atoms with Crippen LogP contribution in [0.2, 0.25) is 0 Å². The highest BCUT2D eigenvalue weighted by Crippen LogP contribution is 2.35. The molecule has 0 saturated carbocycles. The minimum Gasteiger partial charge on any atom is -0.480 e. The maximum Gasteiger partial charge on any atom is 0.327 e. The van der Waals surface area contributed by atoms with Crippen LogP contribution in [-0.2, 0) is 4.79 Å². The fraction of sp³-hybridized carbons (Fsp3) is 0.583. The first-order valence-electron chi connectivity index (χ1n) is 6.21. The number of nitrogens with zero attached hydrogens (tertiary/aromatic N) is 2. The summed E-state index contributed by atoms with van der Waals surface area (Å²) in [5, 5.41) is 18.3. The predicted molar refractivity (Wildman–Crippen MR) is 68.8 cm³/mol. The normalized spacial score (nSPS) is 22.0. The summed E-state index contributed by atoms with van der Waals surface area (Å²) < 4.78 is 0. The second kappa shape index (κ2) is 4.91. The number of nitrogens with one attached hydrogen (secondary N) is 2. The standard InChI is InChI=1S/C12H18N4O3/c1-12(2)4-3-5-16(9(12)10(17)18)11(19)15-8-6-13-14-7-8/h6-7,9H,3-5H2,1-2H3,(H,13,14)(H,15,19)(H,17,18). The number of aromatic nitrogens is 2. The summed E-state index contributed by atoms with van der Waals surface area (Å²) in [5.41, 5.74) is 0.0928. The van der Waals surface area contributed by atoms with Gasteiger partial charge in [0.25, 0.3) is 0 Å². The van der Waals surface area contributed by atoms with Crippen molar-refractivity contribution in [3.05, 3.63) is 12.4 Å². The molecule has 0 bridgehead atoms. The number of carboxylic acids is 1. The summed E-state index contributed by atoms with van der Waals surface area (Å²) in [7, 11) is 0. The van der Waals surface area contributed by atoms with E-state index in [2.05, 4.69) is 15.5 Å². The number of amides is 2. The molecule has 3 N–H and O–H groups in total. The highest BCUT2D eigenvalue weighted by Gasteiger charge is 2.44. The lowest BCUT2D eigenvalue weighted by Crippen LogP contribution is -2.57. The molecule has 7 heteroatoms. The number of carbonyl (C=O) groups excluding carboxylic acids is 1. The molecule has 1 fully saturated rings. The number of piperidine rings is 1.